The van der Waals surface area contributed by atoms with Gasteiger partial charge in [0, 0.05) is 18.8 Å². The first-order chi connectivity index (χ1) is 14.0. The van der Waals surface area contributed by atoms with E-state index in [0.29, 0.717) is 18.8 Å². The summed E-state index contributed by atoms with van der Waals surface area (Å²) < 4.78 is 27.4. The molecule has 2 aromatic rings. The number of nitrogens with one attached hydrogen (secondary N) is 1. The number of nitriles is 1. The van der Waals surface area contributed by atoms with Gasteiger partial charge in [-0.2, -0.15) is 9.57 Å². The highest BCUT2D eigenvalue weighted by atomic mass is 32.2. The molecule has 150 valence electrons. The highest BCUT2D eigenvalue weighted by Crippen LogP contribution is 2.23. The van der Waals surface area contributed by atoms with Crippen molar-refractivity contribution in [2.75, 3.05) is 18.4 Å². The van der Waals surface area contributed by atoms with E-state index in [2.05, 4.69) is 5.32 Å². The third kappa shape index (κ3) is 5.31. The Labute approximate surface area is 171 Å². The molecule has 0 unspecified atom stereocenters. The molecule has 0 atom stereocenters. The lowest BCUT2D eigenvalue weighted by molar-refractivity contribution is -0.112. The van der Waals surface area contributed by atoms with Crippen molar-refractivity contribution in [3.8, 4) is 6.07 Å². The molecule has 1 amide bonds. The average Bonchev–Trinajstić information content (AvgIpc) is 3.03. The van der Waals surface area contributed by atoms with Crippen LogP contribution in [0.1, 0.15) is 31.2 Å². The second kappa shape index (κ2) is 9.50. The van der Waals surface area contributed by atoms with E-state index in [1.165, 1.54) is 22.5 Å². The number of rotatable bonds is 5. The smallest absolute Gasteiger partial charge is 0.266 e. The maximum absolute atomic E-state index is 13.0. The van der Waals surface area contributed by atoms with Crippen LogP contribution in [-0.2, 0) is 14.8 Å². The summed E-state index contributed by atoms with van der Waals surface area (Å²) in [6, 6.07) is 17.1. The van der Waals surface area contributed by atoms with Crippen LogP contribution in [0.5, 0.6) is 0 Å². The molecule has 1 heterocycles. The van der Waals surface area contributed by atoms with Crippen molar-refractivity contribution in [1.29, 1.82) is 5.26 Å². The Morgan fingerprint density at radius 3 is 2.34 bits per heavy atom. The minimum atomic E-state index is -3.62. The number of anilines is 1. The zero-order chi connectivity index (χ0) is 20.7. The largest absolute Gasteiger partial charge is 0.321 e. The Kier molecular flexibility index (Phi) is 6.81. The summed E-state index contributed by atoms with van der Waals surface area (Å²) in [5.41, 5.74) is 1.01. The van der Waals surface area contributed by atoms with Crippen molar-refractivity contribution in [2.45, 2.75) is 30.6 Å². The third-order valence-electron chi connectivity index (χ3n) is 4.77. The number of carbonyl (C=O) groups excluding carboxylic acids is 1. The number of hydrogen-bond donors (Lipinski definition) is 1. The van der Waals surface area contributed by atoms with Crippen LogP contribution in [0.3, 0.4) is 0 Å². The molecule has 3 rings (SSSR count). The van der Waals surface area contributed by atoms with Gasteiger partial charge in [-0.1, -0.05) is 49.2 Å². The van der Waals surface area contributed by atoms with Crippen molar-refractivity contribution >= 4 is 27.7 Å². The molecule has 6 nitrogen and oxygen atoms in total. The second-order valence-corrected chi connectivity index (χ2v) is 8.82. The molecule has 1 aliphatic rings. The molecule has 7 heteroatoms. The van der Waals surface area contributed by atoms with E-state index in [-0.39, 0.29) is 10.5 Å². The third-order valence-corrected chi connectivity index (χ3v) is 6.67. The number of hydrogen-bond acceptors (Lipinski definition) is 4. The van der Waals surface area contributed by atoms with Crippen LogP contribution in [-0.4, -0.2) is 31.7 Å². The minimum absolute atomic E-state index is 0.0584. The van der Waals surface area contributed by atoms with Crippen LogP contribution in [0.15, 0.2) is 65.1 Å². The molecule has 0 saturated carbocycles. The summed E-state index contributed by atoms with van der Waals surface area (Å²) in [4.78, 5) is 12.6. The summed E-state index contributed by atoms with van der Waals surface area (Å²) in [6.45, 7) is 1.02. The number of sulfonamides is 1. The summed E-state index contributed by atoms with van der Waals surface area (Å²) in [5, 5.41) is 12.0. The van der Waals surface area contributed by atoms with Crippen molar-refractivity contribution in [3.05, 3.63) is 65.7 Å². The Morgan fingerprint density at radius 2 is 1.69 bits per heavy atom. The summed E-state index contributed by atoms with van der Waals surface area (Å²) in [5.74, 6) is -0.583. The Balaban J connectivity index is 1.79. The first-order valence-electron chi connectivity index (χ1n) is 9.59. The van der Waals surface area contributed by atoms with Crippen molar-refractivity contribution < 1.29 is 13.2 Å². The highest BCUT2D eigenvalue weighted by Gasteiger charge is 2.25. The lowest BCUT2D eigenvalue weighted by Gasteiger charge is -2.20. The lowest BCUT2D eigenvalue weighted by Crippen LogP contribution is -2.32. The highest BCUT2D eigenvalue weighted by molar-refractivity contribution is 7.89. The molecule has 1 N–H and O–H groups in total. The van der Waals surface area contributed by atoms with E-state index < -0.39 is 15.9 Å². The van der Waals surface area contributed by atoms with E-state index in [0.717, 1.165) is 31.2 Å². The van der Waals surface area contributed by atoms with Crippen molar-refractivity contribution in [3.63, 3.8) is 0 Å². The molecule has 1 saturated heterocycles. The molecule has 0 aliphatic carbocycles. The molecule has 0 aromatic heterocycles. The number of carbonyl (C=O) groups is 1. The Bertz CT molecular complexity index is 1030. The van der Waals surface area contributed by atoms with E-state index >= 15 is 0 Å². The first-order valence-corrected chi connectivity index (χ1v) is 11.0. The lowest BCUT2D eigenvalue weighted by atomic mass is 10.1. The van der Waals surface area contributed by atoms with Crippen LogP contribution in [0.25, 0.3) is 6.08 Å². The fourth-order valence-corrected chi connectivity index (χ4v) is 4.79. The van der Waals surface area contributed by atoms with E-state index in [1.807, 2.05) is 24.3 Å². The standard InChI is InChI=1S/C22H23N3O3S/c23-17-19(15-18-9-4-3-5-10-18)22(26)24-20-11-8-12-21(16-20)29(27,28)25-13-6-1-2-7-14-25/h3-5,8-12,15-16H,1-2,6-7,13-14H2,(H,24,26)/b19-15+. The van der Waals surface area contributed by atoms with Crippen LogP contribution in [0.2, 0.25) is 0 Å². The van der Waals surface area contributed by atoms with Gasteiger partial charge in [-0.25, -0.2) is 8.42 Å². The van der Waals surface area contributed by atoms with Gasteiger partial charge in [0.05, 0.1) is 4.90 Å². The number of amides is 1. The van der Waals surface area contributed by atoms with E-state index in [4.69, 9.17) is 0 Å². The second-order valence-electron chi connectivity index (χ2n) is 6.88. The van der Waals surface area contributed by atoms with Crippen molar-refractivity contribution in [1.82, 2.24) is 4.31 Å². The van der Waals surface area contributed by atoms with Gasteiger partial charge in [0.15, 0.2) is 0 Å². The van der Waals surface area contributed by atoms with Gasteiger partial charge in [-0.3, -0.25) is 4.79 Å². The van der Waals surface area contributed by atoms with Gasteiger partial charge in [0.25, 0.3) is 5.91 Å². The van der Waals surface area contributed by atoms with Crippen LogP contribution < -0.4 is 5.32 Å². The predicted octanol–water partition coefficient (Wildman–Crippen LogP) is 3.80. The van der Waals surface area contributed by atoms with Gasteiger partial charge in [0.1, 0.15) is 11.6 Å². The monoisotopic (exact) mass is 409 g/mol. The topological polar surface area (TPSA) is 90.3 Å². The first kappa shape index (κ1) is 20.8. The van der Waals surface area contributed by atoms with Crippen LogP contribution >= 0.6 is 0 Å². The van der Waals surface area contributed by atoms with Crippen LogP contribution in [0, 0.1) is 11.3 Å². The summed E-state index contributed by atoms with van der Waals surface area (Å²) in [7, 11) is -3.62. The number of benzene rings is 2. The van der Waals surface area contributed by atoms with E-state index in [1.54, 1.807) is 24.3 Å². The van der Waals surface area contributed by atoms with Crippen LogP contribution in [0.4, 0.5) is 5.69 Å². The molecule has 0 spiro atoms. The molecular formula is C22H23N3O3S. The van der Waals surface area contributed by atoms with Crippen molar-refractivity contribution in [2.24, 2.45) is 0 Å². The Morgan fingerprint density at radius 1 is 1.00 bits per heavy atom. The maximum Gasteiger partial charge on any atom is 0.266 e. The molecule has 1 fully saturated rings. The van der Waals surface area contributed by atoms with Gasteiger partial charge >= 0.3 is 0 Å². The van der Waals surface area contributed by atoms with Gasteiger partial charge in [0.2, 0.25) is 10.0 Å². The van der Waals surface area contributed by atoms with Gasteiger partial charge < -0.3 is 5.32 Å². The molecule has 0 bridgehead atoms. The summed E-state index contributed by atoms with van der Waals surface area (Å²) in [6.07, 6.45) is 5.27. The quantitative estimate of drug-likeness (QED) is 0.601. The molecule has 29 heavy (non-hydrogen) atoms. The maximum atomic E-state index is 13.0. The fourth-order valence-electron chi connectivity index (χ4n) is 3.23. The zero-order valence-corrected chi connectivity index (χ0v) is 16.9. The SMILES string of the molecule is N#C/C(=C\c1ccccc1)C(=O)Nc1cccc(S(=O)(=O)N2CCCCCC2)c1. The fraction of sp³-hybridized carbons (Fsp3) is 0.273. The van der Waals surface area contributed by atoms with Gasteiger partial charge in [-0.05, 0) is 42.7 Å². The van der Waals surface area contributed by atoms with Gasteiger partial charge in [-0.15, -0.1) is 0 Å². The number of nitrogens with zero attached hydrogens (tertiary/aromatic N) is 2. The normalized spacial score (nSPS) is 15.9. The minimum Gasteiger partial charge on any atom is -0.321 e. The molecular weight excluding hydrogens is 386 g/mol. The molecule has 2 aromatic carbocycles. The summed E-state index contributed by atoms with van der Waals surface area (Å²) >= 11 is 0. The van der Waals surface area contributed by atoms with E-state index in [9.17, 15) is 18.5 Å². The average molecular weight is 410 g/mol. The Hall–Kier alpha value is -2.95. The molecule has 1 aliphatic heterocycles. The predicted molar refractivity (Wildman–Crippen MR) is 112 cm³/mol. The zero-order valence-electron chi connectivity index (χ0n) is 16.0. The molecule has 0 radical (unpaired) electrons.